The number of benzene rings is 1. The van der Waals surface area contributed by atoms with E-state index in [1.165, 1.54) is 30.1 Å². The van der Waals surface area contributed by atoms with E-state index < -0.39 is 4.92 Å². The first-order valence-corrected chi connectivity index (χ1v) is 6.76. The Bertz CT molecular complexity index is 699. The number of methoxy groups -OCH3 is 1. The predicted molar refractivity (Wildman–Crippen MR) is 78.3 cm³/mol. The summed E-state index contributed by atoms with van der Waals surface area (Å²) < 4.78 is 18.8. The van der Waals surface area contributed by atoms with Crippen molar-refractivity contribution in [2.24, 2.45) is 0 Å². The van der Waals surface area contributed by atoms with E-state index in [-0.39, 0.29) is 42.8 Å². The summed E-state index contributed by atoms with van der Waals surface area (Å²) in [6, 6.07) is 5.79. The summed E-state index contributed by atoms with van der Waals surface area (Å²) in [5, 5.41) is 17.3. The molecular weight excluding hydrogens is 307 g/mol. The van der Waals surface area contributed by atoms with Crippen molar-refractivity contribution in [3.63, 3.8) is 0 Å². The maximum Gasteiger partial charge on any atom is 0.350 e. The molecule has 0 saturated carbocycles. The highest BCUT2D eigenvalue weighted by molar-refractivity contribution is 5.75. The molecule has 1 heterocycles. The minimum atomic E-state index is -0.600. The molecule has 122 valence electrons. The normalized spacial score (nSPS) is 10.3. The molecule has 2 rings (SSSR count). The van der Waals surface area contributed by atoms with Gasteiger partial charge in [-0.1, -0.05) is 12.1 Å². The van der Waals surface area contributed by atoms with Crippen LogP contribution in [0.5, 0.6) is 5.88 Å². The number of nitro groups is 1. The summed E-state index contributed by atoms with van der Waals surface area (Å²) in [5.74, 6) is -0.678. The molecule has 0 aliphatic rings. The van der Waals surface area contributed by atoms with Gasteiger partial charge in [0.25, 0.3) is 0 Å². The summed E-state index contributed by atoms with van der Waals surface area (Å²) >= 11 is 0. The number of carbonyl (C=O) groups excluding carboxylic acids is 1. The van der Waals surface area contributed by atoms with E-state index >= 15 is 0 Å². The van der Waals surface area contributed by atoms with Crippen LogP contribution in [0.1, 0.15) is 12.0 Å². The summed E-state index contributed by atoms with van der Waals surface area (Å²) in [6.45, 7) is 0.459. The number of nitrogens with zero attached hydrogens (tertiary/aromatic N) is 3. The van der Waals surface area contributed by atoms with Crippen LogP contribution in [0.2, 0.25) is 0 Å². The van der Waals surface area contributed by atoms with E-state index in [9.17, 15) is 19.3 Å². The number of nitrogens with one attached hydrogen (secondary N) is 1. The molecule has 0 aliphatic heterocycles. The van der Waals surface area contributed by atoms with Crippen LogP contribution < -0.4 is 10.1 Å². The van der Waals surface area contributed by atoms with Crippen molar-refractivity contribution in [1.29, 1.82) is 0 Å². The van der Waals surface area contributed by atoms with Crippen molar-refractivity contribution in [2.75, 3.05) is 7.11 Å². The Balaban J connectivity index is 1.84. The fourth-order valence-electron chi connectivity index (χ4n) is 1.89. The van der Waals surface area contributed by atoms with E-state index in [0.29, 0.717) is 0 Å². The van der Waals surface area contributed by atoms with Gasteiger partial charge in [0.2, 0.25) is 5.91 Å². The first-order chi connectivity index (χ1) is 11.0. The van der Waals surface area contributed by atoms with Gasteiger partial charge in [-0.2, -0.15) is 0 Å². The molecule has 0 bridgehead atoms. The van der Waals surface area contributed by atoms with Crippen LogP contribution in [0.15, 0.2) is 30.5 Å². The third kappa shape index (κ3) is 4.50. The van der Waals surface area contributed by atoms with Gasteiger partial charge in [0.05, 0.1) is 18.6 Å². The maximum atomic E-state index is 12.8. The molecule has 0 aliphatic carbocycles. The molecule has 9 heteroatoms. The Morgan fingerprint density at radius 1 is 1.43 bits per heavy atom. The lowest BCUT2D eigenvalue weighted by Crippen LogP contribution is -2.24. The number of ether oxygens (including phenoxy) is 1. The van der Waals surface area contributed by atoms with Gasteiger partial charge >= 0.3 is 11.6 Å². The van der Waals surface area contributed by atoms with Crippen LogP contribution in [0.3, 0.4) is 0 Å². The van der Waals surface area contributed by atoms with E-state index in [1.54, 1.807) is 12.1 Å². The molecule has 0 saturated heterocycles. The van der Waals surface area contributed by atoms with Crippen molar-refractivity contribution in [3.8, 4) is 5.88 Å². The van der Waals surface area contributed by atoms with Crippen molar-refractivity contribution in [1.82, 2.24) is 15.1 Å². The molecular formula is C14H15FN4O4. The van der Waals surface area contributed by atoms with E-state index in [2.05, 4.69) is 10.4 Å². The molecule has 0 fully saturated rings. The Morgan fingerprint density at radius 2 is 2.13 bits per heavy atom. The van der Waals surface area contributed by atoms with E-state index in [0.717, 1.165) is 5.56 Å². The zero-order valence-electron chi connectivity index (χ0n) is 12.4. The number of aromatic nitrogens is 2. The van der Waals surface area contributed by atoms with E-state index in [4.69, 9.17) is 4.74 Å². The summed E-state index contributed by atoms with van der Waals surface area (Å²) in [6.07, 6.45) is 1.31. The topological polar surface area (TPSA) is 99.3 Å². The monoisotopic (exact) mass is 322 g/mol. The van der Waals surface area contributed by atoms with Crippen LogP contribution in [-0.4, -0.2) is 27.7 Å². The number of hydrogen-bond acceptors (Lipinski definition) is 5. The SMILES string of the molecule is COc1nn(CCC(=O)NCc2ccc(F)cc2)cc1[N+](=O)[O-]. The number of hydrogen-bond donors (Lipinski definition) is 1. The van der Waals surface area contributed by atoms with Crippen LogP contribution >= 0.6 is 0 Å². The fraction of sp³-hybridized carbons (Fsp3) is 0.286. The van der Waals surface area contributed by atoms with Crippen LogP contribution in [0, 0.1) is 15.9 Å². The third-order valence-corrected chi connectivity index (χ3v) is 3.07. The average molecular weight is 322 g/mol. The van der Waals surface area contributed by atoms with Crippen molar-refractivity contribution >= 4 is 11.6 Å². The molecule has 1 N–H and O–H groups in total. The largest absolute Gasteiger partial charge is 0.475 e. The van der Waals surface area contributed by atoms with Crippen molar-refractivity contribution < 1.29 is 18.8 Å². The van der Waals surface area contributed by atoms with Gasteiger partial charge in [0.1, 0.15) is 12.0 Å². The Morgan fingerprint density at radius 3 is 2.70 bits per heavy atom. The second-order valence-electron chi connectivity index (χ2n) is 4.70. The van der Waals surface area contributed by atoms with Gasteiger partial charge in [-0.15, -0.1) is 5.10 Å². The molecule has 1 aromatic carbocycles. The first-order valence-electron chi connectivity index (χ1n) is 6.76. The van der Waals surface area contributed by atoms with Gasteiger partial charge in [0.15, 0.2) is 0 Å². The van der Waals surface area contributed by atoms with Gasteiger partial charge in [-0.05, 0) is 17.7 Å². The average Bonchev–Trinajstić information content (AvgIpc) is 2.96. The number of halogens is 1. The molecule has 1 aromatic heterocycles. The zero-order chi connectivity index (χ0) is 16.8. The van der Waals surface area contributed by atoms with Gasteiger partial charge in [-0.3, -0.25) is 19.6 Å². The molecule has 1 amide bonds. The van der Waals surface area contributed by atoms with Crippen molar-refractivity contribution in [2.45, 2.75) is 19.5 Å². The highest BCUT2D eigenvalue weighted by Gasteiger charge is 2.20. The Kier molecular flexibility index (Phi) is 5.23. The second kappa shape index (κ2) is 7.34. The lowest BCUT2D eigenvalue weighted by Gasteiger charge is -2.05. The quantitative estimate of drug-likeness (QED) is 0.617. The zero-order valence-corrected chi connectivity index (χ0v) is 12.4. The third-order valence-electron chi connectivity index (χ3n) is 3.07. The number of rotatable bonds is 7. The molecule has 23 heavy (non-hydrogen) atoms. The lowest BCUT2D eigenvalue weighted by molar-refractivity contribution is -0.385. The molecule has 0 atom stereocenters. The lowest BCUT2D eigenvalue weighted by atomic mass is 10.2. The summed E-state index contributed by atoms with van der Waals surface area (Å²) in [4.78, 5) is 21.9. The number of carbonyl (C=O) groups is 1. The van der Waals surface area contributed by atoms with Gasteiger partial charge in [0, 0.05) is 13.0 Å². The van der Waals surface area contributed by atoms with Crippen LogP contribution in [0.25, 0.3) is 0 Å². The number of amides is 1. The smallest absolute Gasteiger partial charge is 0.350 e. The Hall–Kier alpha value is -2.97. The second-order valence-corrected chi connectivity index (χ2v) is 4.70. The van der Waals surface area contributed by atoms with Gasteiger partial charge < -0.3 is 10.1 Å². The fourth-order valence-corrected chi connectivity index (χ4v) is 1.89. The van der Waals surface area contributed by atoms with Crippen molar-refractivity contribution in [3.05, 3.63) is 52.0 Å². The highest BCUT2D eigenvalue weighted by Crippen LogP contribution is 2.23. The molecule has 0 radical (unpaired) electrons. The predicted octanol–water partition coefficient (Wildman–Crippen LogP) is 1.65. The van der Waals surface area contributed by atoms with Gasteiger partial charge in [-0.25, -0.2) is 4.39 Å². The van der Waals surface area contributed by atoms with Crippen LogP contribution in [0.4, 0.5) is 10.1 Å². The van der Waals surface area contributed by atoms with Crippen LogP contribution in [-0.2, 0) is 17.9 Å². The minimum absolute atomic E-state index is 0.0956. The molecule has 0 spiro atoms. The van der Waals surface area contributed by atoms with E-state index in [1.807, 2.05) is 0 Å². The summed E-state index contributed by atoms with van der Waals surface area (Å²) in [5.41, 5.74) is 0.523. The Labute approximate surface area is 131 Å². The highest BCUT2D eigenvalue weighted by atomic mass is 19.1. The summed E-state index contributed by atoms with van der Waals surface area (Å²) in [7, 11) is 1.29. The molecule has 0 unspecified atom stereocenters. The number of aryl methyl sites for hydroxylation is 1. The first kappa shape index (κ1) is 16.4. The minimum Gasteiger partial charge on any atom is -0.475 e. The standard InChI is InChI=1S/C14H15FN4O4/c1-23-14-12(19(21)22)9-18(17-14)7-6-13(20)16-8-10-2-4-11(15)5-3-10/h2-5,9H,6-8H2,1H3,(H,16,20). The maximum absolute atomic E-state index is 12.8. The molecule has 8 nitrogen and oxygen atoms in total. The molecule has 2 aromatic rings.